The maximum absolute atomic E-state index is 11.5. The van der Waals surface area contributed by atoms with Crippen LogP contribution in [0.1, 0.15) is 17.3 Å². The maximum Gasteiger partial charge on any atom is 0.337 e. The summed E-state index contributed by atoms with van der Waals surface area (Å²) in [5.74, 6) is 0.181. The number of ether oxygens (including phenoxy) is 2. The lowest BCUT2D eigenvalue weighted by molar-refractivity contribution is 0.0223. The molecule has 1 unspecified atom stereocenters. The van der Waals surface area contributed by atoms with Crippen LogP contribution >= 0.6 is 0 Å². The van der Waals surface area contributed by atoms with Gasteiger partial charge in [-0.25, -0.2) is 4.79 Å². The minimum absolute atomic E-state index is 0.108. The van der Waals surface area contributed by atoms with Crippen molar-refractivity contribution < 1.29 is 27.6 Å². The Morgan fingerprint density at radius 3 is 1.82 bits per heavy atom. The van der Waals surface area contributed by atoms with Crippen molar-refractivity contribution >= 4 is 31.2 Å². The zero-order valence-corrected chi connectivity index (χ0v) is 21.7. The molecule has 28 heavy (non-hydrogen) atoms. The summed E-state index contributed by atoms with van der Waals surface area (Å²) in [5, 5.41) is 11.0. The molecule has 0 aliphatic rings. The Bertz CT molecular complexity index is 631. The van der Waals surface area contributed by atoms with Gasteiger partial charge in [0.05, 0.1) is 18.3 Å². The molecule has 0 aromatic heterocycles. The number of benzene rings is 1. The average Bonchev–Trinajstić information content (AvgIpc) is 2.48. The molecule has 6 nitrogen and oxygen atoms in total. The molecule has 0 radical (unpaired) electrons. The van der Waals surface area contributed by atoms with E-state index in [2.05, 4.69) is 44.0 Å². The minimum Gasteiger partial charge on any atom is -0.491 e. The first-order chi connectivity index (χ1) is 12.5. The molecule has 0 heterocycles. The lowest BCUT2D eigenvalue weighted by atomic mass is 10.1. The topological polar surface area (TPSA) is 74.2 Å². The number of carbonyl (C=O) groups is 1. The number of rotatable bonds is 10. The lowest BCUT2D eigenvalue weighted by Crippen LogP contribution is -2.56. The molecule has 1 N–H and O–H groups in total. The summed E-state index contributed by atoms with van der Waals surface area (Å²) in [6.07, 6.45) is 0. The third-order valence-corrected chi connectivity index (χ3v) is 13.3. The fourth-order valence-electron chi connectivity index (χ4n) is 3.18. The minimum atomic E-state index is -2.59. The summed E-state index contributed by atoms with van der Waals surface area (Å²) in [6.45, 7) is 16.7. The van der Waals surface area contributed by atoms with Gasteiger partial charge >= 0.3 is 14.5 Å². The van der Waals surface area contributed by atoms with Crippen molar-refractivity contribution in [2.45, 2.75) is 64.4 Å². The van der Waals surface area contributed by atoms with Gasteiger partial charge in [0.2, 0.25) is 0 Å². The standard InChI is InChI=1S/C19H36O6Si3/c1-19(21,14-23-17-12-10-16(11-13-17)18(20)22-2)15-28(9,24-26(3,4)5)25-27(6,7)8/h10-13,21H,14-15H2,1-9H3. The maximum atomic E-state index is 11.5. The summed E-state index contributed by atoms with van der Waals surface area (Å²) >= 11 is 0. The van der Waals surface area contributed by atoms with Gasteiger partial charge in [0.15, 0.2) is 16.6 Å². The van der Waals surface area contributed by atoms with E-state index in [1.54, 1.807) is 31.2 Å². The Hall–Kier alpha value is -0.979. The van der Waals surface area contributed by atoms with Crippen LogP contribution in [0.25, 0.3) is 0 Å². The molecule has 0 aliphatic heterocycles. The van der Waals surface area contributed by atoms with Crippen molar-refractivity contribution in [2.24, 2.45) is 0 Å². The zero-order chi connectivity index (χ0) is 21.8. The number of hydrogen-bond donors (Lipinski definition) is 1. The number of hydrogen-bond acceptors (Lipinski definition) is 6. The molecular weight excluding hydrogens is 408 g/mol. The molecule has 0 bridgehead atoms. The molecule has 160 valence electrons. The average molecular weight is 445 g/mol. The monoisotopic (exact) mass is 444 g/mol. The first kappa shape index (κ1) is 25.1. The number of esters is 1. The first-order valence-corrected chi connectivity index (χ1v) is 18.8. The Kier molecular flexibility index (Phi) is 8.26. The molecule has 0 fully saturated rings. The predicted octanol–water partition coefficient (Wildman–Crippen LogP) is 4.38. The Labute approximate surface area is 172 Å². The van der Waals surface area contributed by atoms with Crippen molar-refractivity contribution in [2.75, 3.05) is 13.7 Å². The van der Waals surface area contributed by atoms with E-state index in [9.17, 15) is 9.90 Å². The van der Waals surface area contributed by atoms with Gasteiger partial charge < -0.3 is 22.8 Å². The third kappa shape index (κ3) is 9.48. The predicted molar refractivity (Wildman–Crippen MR) is 119 cm³/mol. The molecule has 1 aromatic carbocycles. The van der Waals surface area contributed by atoms with Crippen LogP contribution in [0, 0.1) is 0 Å². The molecule has 0 spiro atoms. The summed E-state index contributed by atoms with van der Waals surface area (Å²) in [6, 6.07) is 7.08. The van der Waals surface area contributed by atoms with Crippen LogP contribution in [0.3, 0.4) is 0 Å². The Morgan fingerprint density at radius 2 is 1.43 bits per heavy atom. The lowest BCUT2D eigenvalue weighted by Gasteiger charge is -2.41. The molecule has 0 saturated carbocycles. The van der Waals surface area contributed by atoms with Crippen molar-refractivity contribution in [1.29, 1.82) is 0 Å². The van der Waals surface area contributed by atoms with Gasteiger partial charge in [-0.1, -0.05) is 0 Å². The van der Waals surface area contributed by atoms with Gasteiger partial charge in [-0.05, 0) is 77.0 Å². The van der Waals surface area contributed by atoms with E-state index in [0.717, 1.165) is 0 Å². The Balaban J connectivity index is 2.84. The van der Waals surface area contributed by atoms with Crippen LogP contribution in [-0.4, -0.2) is 55.6 Å². The van der Waals surface area contributed by atoms with Crippen LogP contribution in [0.4, 0.5) is 0 Å². The second-order valence-electron chi connectivity index (χ2n) is 9.54. The van der Waals surface area contributed by atoms with Gasteiger partial charge in [-0.15, -0.1) is 0 Å². The first-order valence-electron chi connectivity index (χ1n) is 9.48. The van der Waals surface area contributed by atoms with E-state index in [1.807, 2.05) is 6.55 Å². The molecule has 9 heteroatoms. The van der Waals surface area contributed by atoms with E-state index >= 15 is 0 Å². The van der Waals surface area contributed by atoms with Gasteiger partial charge in [-0.2, -0.15) is 0 Å². The highest BCUT2D eigenvalue weighted by atomic mass is 28.5. The van der Waals surface area contributed by atoms with Crippen LogP contribution < -0.4 is 4.74 Å². The zero-order valence-electron chi connectivity index (χ0n) is 18.7. The second-order valence-corrected chi connectivity index (χ2v) is 22.2. The third-order valence-electron chi connectivity index (χ3n) is 3.57. The van der Waals surface area contributed by atoms with Crippen molar-refractivity contribution in [3.8, 4) is 5.75 Å². The highest BCUT2D eigenvalue weighted by Crippen LogP contribution is 2.30. The van der Waals surface area contributed by atoms with Crippen LogP contribution in [0.15, 0.2) is 24.3 Å². The van der Waals surface area contributed by atoms with Gasteiger partial charge in [0.1, 0.15) is 12.4 Å². The molecular formula is C19H36O6Si3. The van der Waals surface area contributed by atoms with E-state index in [4.69, 9.17) is 13.0 Å². The fraction of sp³-hybridized carbons (Fsp3) is 0.632. The van der Waals surface area contributed by atoms with Gasteiger partial charge in [0, 0.05) is 6.04 Å². The number of carbonyl (C=O) groups excluding carboxylic acids is 1. The van der Waals surface area contributed by atoms with Crippen LogP contribution in [-0.2, 0) is 13.0 Å². The highest BCUT2D eigenvalue weighted by Gasteiger charge is 2.45. The van der Waals surface area contributed by atoms with E-state index in [0.29, 0.717) is 17.4 Å². The molecule has 1 atom stereocenters. The van der Waals surface area contributed by atoms with Gasteiger partial charge in [-0.3, -0.25) is 0 Å². The highest BCUT2D eigenvalue weighted by molar-refractivity contribution is 6.87. The van der Waals surface area contributed by atoms with E-state index in [1.165, 1.54) is 7.11 Å². The second kappa shape index (κ2) is 9.23. The molecule has 1 aromatic rings. The smallest absolute Gasteiger partial charge is 0.337 e. The molecule has 1 rings (SSSR count). The molecule has 0 saturated heterocycles. The van der Waals surface area contributed by atoms with Gasteiger partial charge in [0.25, 0.3) is 0 Å². The molecule has 0 amide bonds. The van der Waals surface area contributed by atoms with Crippen molar-refractivity contribution in [3.63, 3.8) is 0 Å². The summed E-state index contributed by atoms with van der Waals surface area (Å²) in [7, 11) is -4.92. The van der Waals surface area contributed by atoms with Crippen LogP contribution in [0.2, 0.25) is 51.9 Å². The van der Waals surface area contributed by atoms with Crippen molar-refractivity contribution in [3.05, 3.63) is 29.8 Å². The van der Waals surface area contributed by atoms with Crippen LogP contribution in [0.5, 0.6) is 5.75 Å². The van der Waals surface area contributed by atoms with Crippen molar-refractivity contribution in [1.82, 2.24) is 0 Å². The van der Waals surface area contributed by atoms with E-state index in [-0.39, 0.29) is 6.61 Å². The Morgan fingerprint density at radius 1 is 0.964 bits per heavy atom. The quantitative estimate of drug-likeness (QED) is 0.426. The number of aliphatic hydroxyl groups is 1. The summed E-state index contributed by atoms with van der Waals surface area (Å²) in [4.78, 5) is 11.5. The normalized spacial score (nSPS) is 15.1. The number of methoxy groups -OCH3 is 1. The summed E-state index contributed by atoms with van der Waals surface area (Å²) in [5.41, 5.74) is -0.643. The summed E-state index contributed by atoms with van der Waals surface area (Å²) < 4.78 is 23.4. The fourth-order valence-corrected chi connectivity index (χ4v) is 16.1. The van der Waals surface area contributed by atoms with E-state index < -0.39 is 36.8 Å². The molecule has 0 aliphatic carbocycles. The SMILES string of the molecule is COC(=O)c1ccc(OCC(C)(O)C[Si](C)(O[Si](C)(C)C)O[Si](C)(C)C)cc1. The largest absolute Gasteiger partial charge is 0.491 e.